The quantitative estimate of drug-likeness (QED) is 0.485. The summed E-state index contributed by atoms with van der Waals surface area (Å²) >= 11 is 9.42. The number of aromatic nitrogens is 3. The summed E-state index contributed by atoms with van der Waals surface area (Å²) in [5.74, 6) is 0. The normalized spacial score (nSPS) is 11.0. The van der Waals surface area contributed by atoms with Crippen molar-refractivity contribution in [2.45, 2.75) is 38.8 Å². The summed E-state index contributed by atoms with van der Waals surface area (Å²) in [6.45, 7) is 6.08. The average Bonchev–Trinajstić information content (AvgIpc) is 2.69. The van der Waals surface area contributed by atoms with Crippen LogP contribution in [-0.2, 0) is 12.8 Å². The topological polar surface area (TPSA) is 38.7 Å². The molecule has 0 fully saturated rings. The zero-order valence-electron chi connectivity index (χ0n) is 11.5. The molecule has 0 atom stereocenters. The van der Waals surface area contributed by atoms with Crippen molar-refractivity contribution in [2.24, 2.45) is 0 Å². The predicted molar refractivity (Wildman–Crippen MR) is 82.6 cm³/mol. The minimum Gasteiger partial charge on any atom is -0.247 e. The van der Waals surface area contributed by atoms with Gasteiger partial charge in [0.25, 0.3) is 0 Å². The molecule has 0 spiro atoms. The maximum absolute atomic E-state index is 6.14. The van der Waals surface area contributed by atoms with Crippen LogP contribution in [0.4, 0.5) is 0 Å². The molecule has 19 heavy (non-hydrogen) atoms. The maximum atomic E-state index is 6.14. The predicted octanol–water partition coefficient (Wildman–Crippen LogP) is 4.02. The van der Waals surface area contributed by atoms with Gasteiger partial charge in [0.1, 0.15) is 5.15 Å². The fourth-order valence-corrected chi connectivity index (χ4v) is 3.44. The van der Waals surface area contributed by atoms with Gasteiger partial charge < -0.3 is 0 Å². The Labute approximate surface area is 126 Å². The van der Waals surface area contributed by atoms with Gasteiger partial charge in [-0.25, -0.2) is 15.0 Å². The molecule has 2 heterocycles. The highest BCUT2D eigenvalue weighted by Crippen LogP contribution is 2.23. The number of hydrogen-bond donors (Lipinski definition) is 0. The Hall–Kier alpha value is -0.650. The van der Waals surface area contributed by atoms with E-state index in [-0.39, 0.29) is 0 Å². The second kappa shape index (κ2) is 6.20. The summed E-state index contributed by atoms with van der Waals surface area (Å²) in [6, 6.07) is 0. The number of thioether (sulfide) groups is 1. The van der Waals surface area contributed by atoms with Gasteiger partial charge in [-0.05, 0) is 39.9 Å². The maximum Gasteiger partial charge on any atom is 0.188 e. The molecule has 0 saturated carbocycles. The second-order valence-electron chi connectivity index (χ2n) is 4.31. The summed E-state index contributed by atoms with van der Waals surface area (Å²) in [4.78, 5) is 14.6. The summed E-state index contributed by atoms with van der Waals surface area (Å²) in [5, 5.41) is 2.42. The Bertz CT molecular complexity index is 596. The first-order valence-electron chi connectivity index (χ1n) is 6.01. The molecule has 0 unspecified atom stereocenters. The monoisotopic (exact) mass is 313 g/mol. The Kier molecular flexibility index (Phi) is 4.81. The van der Waals surface area contributed by atoms with Crippen LogP contribution in [0.3, 0.4) is 0 Å². The highest BCUT2D eigenvalue weighted by atomic mass is 35.5. The molecule has 0 bridgehead atoms. The molecule has 2 aromatic heterocycles. The molecule has 0 saturated heterocycles. The van der Waals surface area contributed by atoms with E-state index in [0.717, 1.165) is 40.0 Å². The molecule has 0 aliphatic carbocycles. The Morgan fingerprint density at radius 1 is 1.11 bits per heavy atom. The van der Waals surface area contributed by atoms with Crippen molar-refractivity contribution in [1.29, 1.82) is 0 Å². The first-order valence-corrected chi connectivity index (χ1v) is 8.43. The van der Waals surface area contributed by atoms with Crippen LogP contribution >= 0.6 is 34.7 Å². The third kappa shape index (κ3) is 3.46. The van der Waals surface area contributed by atoms with E-state index in [1.807, 2.05) is 20.1 Å². The van der Waals surface area contributed by atoms with Crippen LogP contribution in [0.25, 0.3) is 0 Å². The molecule has 0 aliphatic rings. The Balaban J connectivity index is 2.19. The van der Waals surface area contributed by atoms with Gasteiger partial charge >= 0.3 is 0 Å². The van der Waals surface area contributed by atoms with Gasteiger partial charge in [0.2, 0.25) is 0 Å². The van der Waals surface area contributed by atoms with E-state index in [1.165, 1.54) is 16.6 Å². The molecule has 0 N–H and O–H groups in total. The highest BCUT2D eigenvalue weighted by molar-refractivity contribution is 7.98. The molecule has 6 heteroatoms. The van der Waals surface area contributed by atoms with Crippen LogP contribution < -0.4 is 0 Å². The van der Waals surface area contributed by atoms with Crippen LogP contribution in [-0.4, -0.2) is 21.2 Å². The number of thiazole rings is 1. The number of hydrogen-bond acceptors (Lipinski definition) is 5. The van der Waals surface area contributed by atoms with Crippen LogP contribution in [0.5, 0.6) is 0 Å². The van der Waals surface area contributed by atoms with Crippen molar-refractivity contribution in [3.8, 4) is 0 Å². The molecule has 3 nitrogen and oxygen atoms in total. The summed E-state index contributed by atoms with van der Waals surface area (Å²) in [6.07, 6.45) is 3.80. The minimum atomic E-state index is 0.562. The minimum absolute atomic E-state index is 0.562. The SMILES string of the molecule is CSc1nc(Cl)c(C)c(CCc2sc(C)nc2C)n1. The van der Waals surface area contributed by atoms with Gasteiger partial charge in [-0.1, -0.05) is 23.4 Å². The van der Waals surface area contributed by atoms with Gasteiger partial charge in [-0.3, -0.25) is 0 Å². The van der Waals surface area contributed by atoms with E-state index >= 15 is 0 Å². The fraction of sp³-hybridized carbons (Fsp3) is 0.462. The van der Waals surface area contributed by atoms with Crippen molar-refractivity contribution in [3.63, 3.8) is 0 Å². The lowest BCUT2D eigenvalue weighted by Gasteiger charge is -2.07. The number of rotatable bonds is 4. The summed E-state index contributed by atoms with van der Waals surface area (Å²) in [7, 11) is 0. The largest absolute Gasteiger partial charge is 0.247 e. The molecule has 0 amide bonds. The van der Waals surface area contributed by atoms with Gasteiger partial charge in [-0.15, -0.1) is 11.3 Å². The lowest BCUT2D eigenvalue weighted by atomic mass is 10.1. The van der Waals surface area contributed by atoms with Crippen molar-refractivity contribution < 1.29 is 0 Å². The molecule has 0 aliphatic heterocycles. The molecule has 2 aromatic rings. The lowest BCUT2D eigenvalue weighted by Crippen LogP contribution is -2.02. The third-order valence-corrected chi connectivity index (χ3v) is 4.99. The number of nitrogens with zero attached hydrogens (tertiary/aromatic N) is 3. The molecule has 0 aromatic carbocycles. The van der Waals surface area contributed by atoms with Gasteiger partial charge in [0, 0.05) is 16.1 Å². The fourth-order valence-electron chi connectivity index (χ4n) is 1.88. The van der Waals surface area contributed by atoms with Crippen molar-refractivity contribution >= 4 is 34.7 Å². The Morgan fingerprint density at radius 3 is 2.42 bits per heavy atom. The van der Waals surface area contributed by atoms with Gasteiger partial charge in [0.05, 0.1) is 10.7 Å². The molecule has 102 valence electrons. The van der Waals surface area contributed by atoms with Crippen LogP contribution in [0.2, 0.25) is 5.15 Å². The van der Waals surface area contributed by atoms with E-state index in [2.05, 4.69) is 21.9 Å². The van der Waals surface area contributed by atoms with E-state index in [4.69, 9.17) is 11.6 Å². The van der Waals surface area contributed by atoms with E-state index < -0.39 is 0 Å². The lowest BCUT2D eigenvalue weighted by molar-refractivity contribution is 0.832. The molecular weight excluding hydrogens is 298 g/mol. The second-order valence-corrected chi connectivity index (χ2v) is 6.73. The van der Waals surface area contributed by atoms with Crippen molar-refractivity contribution in [1.82, 2.24) is 15.0 Å². The van der Waals surface area contributed by atoms with E-state index in [1.54, 1.807) is 11.3 Å². The van der Waals surface area contributed by atoms with Crippen molar-refractivity contribution in [2.75, 3.05) is 6.26 Å². The van der Waals surface area contributed by atoms with Gasteiger partial charge in [0.15, 0.2) is 5.16 Å². The van der Waals surface area contributed by atoms with E-state index in [0.29, 0.717) is 5.15 Å². The highest BCUT2D eigenvalue weighted by Gasteiger charge is 2.11. The number of halogens is 1. The van der Waals surface area contributed by atoms with Crippen LogP contribution in [0.1, 0.15) is 26.8 Å². The summed E-state index contributed by atoms with van der Waals surface area (Å²) < 4.78 is 0. The number of aryl methyl sites for hydroxylation is 4. The van der Waals surface area contributed by atoms with E-state index in [9.17, 15) is 0 Å². The molecule has 2 rings (SSSR count). The molecule has 0 radical (unpaired) electrons. The van der Waals surface area contributed by atoms with Crippen LogP contribution in [0, 0.1) is 20.8 Å². The Morgan fingerprint density at radius 2 is 1.84 bits per heavy atom. The zero-order valence-corrected chi connectivity index (χ0v) is 13.8. The average molecular weight is 314 g/mol. The summed E-state index contributed by atoms with van der Waals surface area (Å²) in [5.41, 5.74) is 3.15. The smallest absolute Gasteiger partial charge is 0.188 e. The van der Waals surface area contributed by atoms with Crippen LogP contribution in [0.15, 0.2) is 5.16 Å². The standard InChI is InChI=1S/C13H16ClN3S2/c1-7-10(16-13(18-4)17-12(7)14)5-6-11-8(2)15-9(3)19-11/h5-6H2,1-4H3. The zero-order chi connectivity index (χ0) is 14.0. The first kappa shape index (κ1) is 14.8. The third-order valence-electron chi connectivity index (χ3n) is 2.94. The van der Waals surface area contributed by atoms with Gasteiger partial charge in [-0.2, -0.15) is 0 Å². The molecular formula is C13H16ClN3S2. The van der Waals surface area contributed by atoms with Crippen molar-refractivity contribution in [3.05, 3.63) is 32.0 Å². The first-order chi connectivity index (χ1) is 9.01.